The third-order valence-electron chi connectivity index (χ3n) is 2.52. The highest BCUT2D eigenvalue weighted by molar-refractivity contribution is 5.69. The number of carbonyl (C=O) groups is 1. The molecule has 0 heterocycles. The zero-order valence-electron chi connectivity index (χ0n) is 14.0. The molecule has 0 unspecified atom stereocenters. The van der Waals surface area contributed by atoms with E-state index in [1.54, 1.807) is 0 Å². The van der Waals surface area contributed by atoms with Gasteiger partial charge in [-0.05, 0) is 40.5 Å². The summed E-state index contributed by atoms with van der Waals surface area (Å²) in [5.41, 5.74) is 0. The van der Waals surface area contributed by atoms with Gasteiger partial charge in [-0.15, -0.1) is 0 Å². The van der Waals surface area contributed by atoms with E-state index in [1.165, 1.54) is 7.11 Å². The largest absolute Gasteiger partial charge is 0.469 e. The Balaban J connectivity index is 3.89. The minimum atomic E-state index is -0.190. The van der Waals surface area contributed by atoms with Crippen molar-refractivity contribution >= 4 is 5.97 Å². The van der Waals surface area contributed by atoms with Crippen LogP contribution < -0.4 is 0 Å². The lowest BCUT2D eigenvalue weighted by molar-refractivity contribution is -0.178. The summed E-state index contributed by atoms with van der Waals surface area (Å²) in [6.07, 6.45) is 11.0. The van der Waals surface area contributed by atoms with Crippen LogP contribution in [0.25, 0.3) is 0 Å². The van der Waals surface area contributed by atoms with E-state index in [-0.39, 0.29) is 24.5 Å². The standard InChI is InChI=1S/C17H30O4/c1-14(2)20-17(21-15(3)4)13-11-9-7-6-8-10-12-16(18)19-5/h6,8-9,11,14-15,17H,7,10,12-13H2,1-5H3/b8-6-,11-9-. The lowest BCUT2D eigenvalue weighted by Gasteiger charge is -2.21. The summed E-state index contributed by atoms with van der Waals surface area (Å²) in [4.78, 5) is 10.9. The van der Waals surface area contributed by atoms with Crippen molar-refractivity contribution in [3.8, 4) is 0 Å². The maximum atomic E-state index is 10.9. The maximum Gasteiger partial charge on any atom is 0.305 e. The zero-order valence-corrected chi connectivity index (χ0v) is 14.0. The molecule has 0 aliphatic rings. The summed E-state index contributed by atoms with van der Waals surface area (Å²) < 4.78 is 16.0. The first-order valence-corrected chi connectivity index (χ1v) is 7.63. The van der Waals surface area contributed by atoms with Gasteiger partial charge in [0.2, 0.25) is 0 Å². The Hall–Kier alpha value is -1.13. The van der Waals surface area contributed by atoms with Crippen molar-refractivity contribution in [1.82, 2.24) is 0 Å². The second kappa shape index (κ2) is 12.6. The first-order chi connectivity index (χ1) is 9.95. The van der Waals surface area contributed by atoms with Gasteiger partial charge in [0.15, 0.2) is 6.29 Å². The van der Waals surface area contributed by atoms with Gasteiger partial charge in [0.05, 0.1) is 19.3 Å². The molecule has 0 aliphatic carbocycles. The molecule has 0 saturated heterocycles. The number of esters is 1. The Morgan fingerprint density at radius 3 is 2.05 bits per heavy atom. The van der Waals surface area contributed by atoms with E-state index < -0.39 is 0 Å². The fourth-order valence-corrected chi connectivity index (χ4v) is 1.65. The number of carbonyl (C=O) groups excluding carboxylic acids is 1. The van der Waals surface area contributed by atoms with Crippen LogP contribution in [0.5, 0.6) is 0 Å². The number of ether oxygens (including phenoxy) is 3. The van der Waals surface area contributed by atoms with Crippen molar-refractivity contribution in [3.05, 3.63) is 24.3 Å². The van der Waals surface area contributed by atoms with E-state index in [0.29, 0.717) is 6.42 Å². The van der Waals surface area contributed by atoms with Crippen molar-refractivity contribution < 1.29 is 19.0 Å². The van der Waals surface area contributed by atoms with Gasteiger partial charge in [-0.2, -0.15) is 0 Å². The molecule has 4 heteroatoms. The number of rotatable bonds is 11. The molecule has 0 spiro atoms. The minimum absolute atomic E-state index is 0.153. The van der Waals surface area contributed by atoms with Gasteiger partial charge in [-0.25, -0.2) is 0 Å². The van der Waals surface area contributed by atoms with E-state index in [0.717, 1.165) is 19.3 Å². The molecule has 0 saturated carbocycles. The second-order valence-electron chi connectivity index (χ2n) is 5.33. The van der Waals surface area contributed by atoms with Crippen molar-refractivity contribution in [3.63, 3.8) is 0 Å². The maximum absolute atomic E-state index is 10.9. The van der Waals surface area contributed by atoms with Crippen molar-refractivity contribution in [2.24, 2.45) is 0 Å². The van der Waals surface area contributed by atoms with Crippen LogP contribution in [0.2, 0.25) is 0 Å². The van der Waals surface area contributed by atoms with Crippen molar-refractivity contribution in [2.45, 2.75) is 71.9 Å². The fraction of sp³-hybridized carbons (Fsp3) is 0.706. The summed E-state index contributed by atoms with van der Waals surface area (Å²) in [7, 11) is 1.41. The van der Waals surface area contributed by atoms with Crippen LogP contribution in [-0.2, 0) is 19.0 Å². The summed E-state index contributed by atoms with van der Waals surface area (Å²) in [5, 5.41) is 0. The summed E-state index contributed by atoms with van der Waals surface area (Å²) in [6, 6.07) is 0. The van der Waals surface area contributed by atoms with Crippen LogP contribution in [0.4, 0.5) is 0 Å². The highest BCUT2D eigenvalue weighted by Gasteiger charge is 2.11. The van der Waals surface area contributed by atoms with E-state index in [2.05, 4.69) is 16.9 Å². The lowest BCUT2D eigenvalue weighted by Crippen LogP contribution is -2.23. The molecule has 0 amide bonds. The van der Waals surface area contributed by atoms with Gasteiger partial charge in [0.25, 0.3) is 0 Å². The molecule has 0 atom stereocenters. The molecule has 122 valence electrons. The van der Waals surface area contributed by atoms with Crippen molar-refractivity contribution in [2.75, 3.05) is 7.11 Å². The van der Waals surface area contributed by atoms with Gasteiger partial charge in [-0.1, -0.05) is 24.3 Å². The zero-order chi connectivity index (χ0) is 16.1. The highest BCUT2D eigenvalue weighted by atomic mass is 16.7. The Labute approximate surface area is 129 Å². The lowest BCUT2D eigenvalue weighted by atomic mass is 10.2. The Morgan fingerprint density at radius 2 is 1.52 bits per heavy atom. The predicted molar refractivity (Wildman–Crippen MR) is 85.0 cm³/mol. The van der Waals surface area contributed by atoms with Crippen molar-refractivity contribution in [1.29, 1.82) is 0 Å². The van der Waals surface area contributed by atoms with Crippen LogP contribution in [0, 0.1) is 0 Å². The number of allylic oxidation sites excluding steroid dienone is 3. The second-order valence-corrected chi connectivity index (χ2v) is 5.33. The molecule has 0 fully saturated rings. The molecule has 4 nitrogen and oxygen atoms in total. The van der Waals surface area contributed by atoms with Gasteiger partial charge in [-0.3, -0.25) is 4.79 Å². The van der Waals surface area contributed by atoms with E-state index in [1.807, 2.05) is 39.8 Å². The molecular weight excluding hydrogens is 268 g/mol. The fourth-order valence-electron chi connectivity index (χ4n) is 1.65. The van der Waals surface area contributed by atoms with E-state index in [9.17, 15) is 4.79 Å². The Morgan fingerprint density at radius 1 is 0.952 bits per heavy atom. The monoisotopic (exact) mass is 298 g/mol. The van der Waals surface area contributed by atoms with Crippen LogP contribution >= 0.6 is 0 Å². The van der Waals surface area contributed by atoms with Gasteiger partial charge >= 0.3 is 5.97 Å². The third-order valence-corrected chi connectivity index (χ3v) is 2.52. The molecule has 0 aromatic rings. The number of hydrogen-bond donors (Lipinski definition) is 0. The molecule has 0 aromatic heterocycles. The van der Waals surface area contributed by atoms with Crippen LogP contribution in [0.15, 0.2) is 24.3 Å². The quantitative estimate of drug-likeness (QED) is 0.328. The van der Waals surface area contributed by atoms with Gasteiger partial charge < -0.3 is 14.2 Å². The predicted octanol–water partition coefficient (Wildman–Crippen LogP) is 4.01. The molecule has 0 N–H and O–H groups in total. The van der Waals surface area contributed by atoms with Crippen LogP contribution in [0.3, 0.4) is 0 Å². The SMILES string of the molecule is COC(=O)CC/C=C\C/C=C\CC(OC(C)C)OC(C)C. The minimum Gasteiger partial charge on any atom is -0.469 e. The summed E-state index contributed by atoms with van der Waals surface area (Å²) >= 11 is 0. The smallest absolute Gasteiger partial charge is 0.305 e. The summed E-state index contributed by atoms with van der Waals surface area (Å²) in [5.74, 6) is -0.172. The average Bonchev–Trinajstić information content (AvgIpc) is 2.39. The average molecular weight is 298 g/mol. The van der Waals surface area contributed by atoms with Crippen LogP contribution in [0.1, 0.15) is 53.4 Å². The summed E-state index contributed by atoms with van der Waals surface area (Å²) in [6.45, 7) is 8.02. The van der Waals surface area contributed by atoms with E-state index in [4.69, 9.17) is 9.47 Å². The van der Waals surface area contributed by atoms with Gasteiger partial charge in [0.1, 0.15) is 0 Å². The molecule has 21 heavy (non-hydrogen) atoms. The third kappa shape index (κ3) is 13.6. The van der Waals surface area contributed by atoms with E-state index >= 15 is 0 Å². The Bertz CT molecular complexity index is 309. The van der Waals surface area contributed by atoms with Gasteiger partial charge in [0, 0.05) is 12.8 Å². The highest BCUT2D eigenvalue weighted by Crippen LogP contribution is 2.09. The molecular formula is C17H30O4. The molecule has 0 aliphatic heterocycles. The molecule has 0 radical (unpaired) electrons. The topological polar surface area (TPSA) is 44.8 Å². The normalized spacial score (nSPS) is 12.4. The first-order valence-electron chi connectivity index (χ1n) is 7.63. The number of hydrogen-bond acceptors (Lipinski definition) is 4. The first kappa shape index (κ1) is 19.9. The molecule has 0 aromatic carbocycles. The molecule has 0 rings (SSSR count). The van der Waals surface area contributed by atoms with Crippen LogP contribution in [-0.4, -0.2) is 31.6 Å². The number of methoxy groups -OCH3 is 1. The Kier molecular flexibility index (Phi) is 11.9. The molecule has 0 bridgehead atoms.